The first-order valence-corrected chi connectivity index (χ1v) is 7.70. The molecular formula is C15H14ClN5O4. The molecule has 0 aliphatic carbocycles. The molecule has 3 rings (SSSR count). The lowest BCUT2D eigenvalue weighted by Crippen LogP contribution is -2.05. The van der Waals surface area contributed by atoms with Crippen LogP contribution >= 0.6 is 11.6 Å². The Balaban J connectivity index is 1.77. The van der Waals surface area contributed by atoms with Gasteiger partial charge in [-0.3, -0.25) is 14.8 Å². The van der Waals surface area contributed by atoms with Gasteiger partial charge in [0, 0.05) is 11.4 Å². The molecule has 0 fully saturated rings. The summed E-state index contributed by atoms with van der Waals surface area (Å²) >= 11 is 6.01. The monoisotopic (exact) mass is 363 g/mol. The lowest BCUT2D eigenvalue weighted by molar-refractivity contribution is -0.385. The maximum Gasteiger partial charge on any atom is 0.309 e. The van der Waals surface area contributed by atoms with E-state index in [0.29, 0.717) is 46.7 Å². The zero-order valence-corrected chi connectivity index (χ0v) is 14.2. The molecule has 0 spiro atoms. The van der Waals surface area contributed by atoms with Gasteiger partial charge in [-0.2, -0.15) is 10.1 Å². The maximum absolute atomic E-state index is 10.8. The Morgan fingerprint density at radius 1 is 1.44 bits per heavy atom. The van der Waals surface area contributed by atoms with E-state index in [1.807, 2.05) is 0 Å². The molecule has 0 aliphatic rings. The number of rotatable bonds is 6. The fraction of sp³-hybridized carbons (Fsp3) is 0.267. The molecule has 9 nitrogen and oxygen atoms in total. The molecule has 0 bridgehead atoms. The third-order valence-electron chi connectivity index (χ3n) is 3.68. The van der Waals surface area contributed by atoms with Gasteiger partial charge in [0.25, 0.3) is 0 Å². The molecule has 10 heteroatoms. The third-order valence-corrected chi connectivity index (χ3v) is 3.92. The second-order valence-corrected chi connectivity index (χ2v) is 5.64. The number of benzene rings is 1. The quantitative estimate of drug-likeness (QED) is 0.489. The molecule has 25 heavy (non-hydrogen) atoms. The van der Waals surface area contributed by atoms with Crippen LogP contribution in [-0.4, -0.2) is 32.0 Å². The zero-order chi connectivity index (χ0) is 18.0. The van der Waals surface area contributed by atoms with E-state index in [1.165, 1.54) is 10.9 Å². The number of nitro groups is 1. The fourth-order valence-corrected chi connectivity index (χ4v) is 2.54. The molecule has 0 aliphatic heterocycles. The molecule has 0 unspecified atom stereocenters. The van der Waals surface area contributed by atoms with Gasteiger partial charge < -0.3 is 9.26 Å². The van der Waals surface area contributed by atoms with Crippen LogP contribution in [-0.2, 0) is 13.0 Å². The van der Waals surface area contributed by atoms with E-state index in [0.717, 1.165) is 0 Å². The van der Waals surface area contributed by atoms with E-state index in [4.69, 9.17) is 20.9 Å². The van der Waals surface area contributed by atoms with Crippen molar-refractivity contribution in [2.24, 2.45) is 0 Å². The van der Waals surface area contributed by atoms with Gasteiger partial charge >= 0.3 is 5.69 Å². The Kier molecular flexibility index (Phi) is 4.66. The normalized spacial score (nSPS) is 10.8. The molecular weight excluding hydrogens is 350 g/mol. The van der Waals surface area contributed by atoms with Crippen LogP contribution in [0, 0.1) is 17.0 Å². The van der Waals surface area contributed by atoms with Gasteiger partial charge in [0.1, 0.15) is 17.6 Å². The zero-order valence-electron chi connectivity index (χ0n) is 13.5. The smallest absolute Gasteiger partial charge is 0.309 e. The second kappa shape index (κ2) is 6.89. The largest absolute Gasteiger partial charge is 0.496 e. The average molecular weight is 364 g/mol. The minimum atomic E-state index is -0.463. The van der Waals surface area contributed by atoms with E-state index in [2.05, 4.69) is 15.2 Å². The maximum atomic E-state index is 10.8. The lowest BCUT2D eigenvalue weighted by atomic mass is 10.2. The van der Waals surface area contributed by atoms with Crippen LogP contribution in [0.3, 0.4) is 0 Å². The molecule has 0 radical (unpaired) electrons. The van der Waals surface area contributed by atoms with Crippen molar-refractivity contribution in [2.75, 3.05) is 7.11 Å². The summed E-state index contributed by atoms with van der Waals surface area (Å²) in [5.41, 5.74) is 1.08. The van der Waals surface area contributed by atoms with Gasteiger partial charge in [-0.15, -0.1) is 0 Å². The minimum Gasteiger partial charge on any atom is -0.496 e. The van der Waals surface area contributed by atoms with Gasteiger partial charge in [0.2, 0.25) is 11.7 Å². The Morgan fingerprint density at radius 2 is 2.24 bits per heavy atom. The van der Waals surface area contributed by atoms with Gasteiger partial charge in [0.05, 0.1) is 24.1 Å². The molecule has 3 aromatic rings. The molecule has 0 N–H and O–H groups in total. The average Bonchev–Trinajstić information content (AvgIpc) is 3.19. The summed E-state index contributed by atoms with van der Waals surface area (Å²) in [5, 5.41) is 19.3. The number of ether oxygens (including phenoxy) is 1. The number of halogens is 1. The van der Waals surface area contributed by atoms with Gasteiger partial charge in [0.15, 0.2) is 0 Å². The number of hydrogen-bond acceptors (Lipinski definition) is 7. The van der Waals surface area contributed by atoms with Crippen molar-refractivity contribution < 1.29 is 14.2 Å². The highest BCUT2D eigenvalue weighted by molar-refractivity contribution is 6.30. The molecule has 1 aromatic carbocycles. The highest BCUT2D eigenvalue weighted by atomic mass is 35.5. The van der Waals surface area contributed by atoms with Gasteiger partial charge in [-0.1, -0.05) is 16.8 Å². The standard InChI is InChI=1S/C15H14ClN5O4/c1-9-12(21(22)23)8-17-20(9)6-5-14-18-15(19-25-14)11-7-10(16)3-4-13(11)24-2/h3-4,7-8H,5-6H2,1-2H3. The highest BCUT2D eigenvalue weighted by Gasteiger charge is 2.18. The first-order valence-electron chi connectivity index (χ1n) is 7.33. The van der Waals surface area contributed by atoms with Crippen LogP contribution in [0.4, 0.5) is 5.69 Å². The van der Waals surface area contributed by atoms with Crippen LogP contribution in [0.25, 0.3) is 11.4 Å². The molecule has 0 saturated carbocycles. The minimum absolute atomic E-state index is 0.0186. The van der Waals surface area contributed by atoms with E-state index in [-0.39, 0.29) is 5.69 Å². The van der Waals surface area contributed by atoms with E-state index in [1.54, 1.807) is 32.2 Å². The first-order chi connectivity index (χ1) is 12.0. The van der Waals surface area contributed by atoms with Crippen molar-refractivity contribution in [2.45, 2.75) is 19.9 Å². The van der Waals surface area contributed by atoms with Gasteiger partial charge in [-0.25, -0.2) is 0 Å². The molecule has 0 saturated heterocycles. The molecule has 130 valence electrons. The van der Waals surface area contributed by atoms with Gasteiger partial charge in [-0.05, 0) is 25.1 Å². The first kappa shape index (κ1) is 16.9. The van der Waals surface area contributed by atoms with Crippen molar-refractivity contribution in [3.05, 3.63) is 51.1 Å². The number of aromatic nitrogens is 4. The van der Waals surface area contributed by atoms with Crippen LogP contribution in [0.1, 0.15) is 11.6 Å². The summed E-state index contributed by atoms with van der Waals surface area (Å²) in [4.78, 5) is 14.7. The van der Waals surface area contributed by atoms with E-state index < -0.39 is 4.92 Å². The van der Waals surface area contributed by atoms with Crippen LogP contribution < -0.4 is 4.74 Å². The third kappa shape index (κ3) is 3.45. The molecule has 0 amide bonds. The van der Waals surface area contributed by atoms with E-state index in [9.17, 15) is 10.1 Å². The molecule has 2 aromatic heterocycles. The number of methoxy groups -OCH3 is 1. The van der Waals surface area contributed by atoms with Crippen molar-refractivity contribution in [1.29, 1.82) is 0 Å². The van der Waals surface area contributed by atoms with Crippen molar-refractivity contribution >= 4 is 17.3 Å². The SMILES string of the molecule is COc1ccc(Cl)cc1-c1noc(CCn2ncc([N+](=O)[O-])c2C)n1. The van der Waals surface area contributed by atoms with E-state index >= 15 is 0 Å². The topological polar surface area (TPSA) is 109 Å². The predicted octanol–water partition coefficient (Wildman–Crippen LogP) is 3.05. The van der Waals surface area contributed by atoms with Crippen molar-refractivity contribution in [1.82, 2.24) is 19.9 Å². The summed E-state index contributed by atoms with van der Waals surface area (Å²) < 4.78 is 12.0. The summed E-state index contributed by atoms with van der Waals surface area (Å²) in [7, 11) is 1.54. The lowest BCUT2D eigenvalue weighted by Gasteiger charge is -2.04. The van der Waals surface area contributed by atoms with Crippen LogP contribution in [0.15, 0.2) is 28.9 Å². The Hall–Kier alpha value is -2.94. The van der Waals surface area contributed by atoms with Crippen LogP contribution in [0.5, 0.6) is 5.75 Å². The fourth-order valence-electron chi connectivity index (χ4n) is 2.36. The Labute approximate surface area is 147 Å². The van der Waals surface area contributed by atoms with Crippen molar-refractivity contribution in [3.63, 3.8) is 0 Å². The molecule has 2 heterocycles. The highest BCUT2D eigenvalue weighted by Crippen LogP contribution is 2.30. The predicted molar refractivity (Wildman–Crippen MR) is 88.6 cm³/mol. The number of aryl methyl sites for hydroxylation is 2. The Bertz CT molecular complexity index is 921. The molecule has 0 atom stereocenters. The van der Waals surface area contributed by atoms with Crippen molar-refractivity contribution in [3.8, 4) is 17.1 Å². The number of nitrogens with zero attached hydrogens (tertiary/aromatic N) is 5. The number of hydrogen-bond donors (Lipinski definition) is 0. The summed E-state index contributed by atoms with van der Waals surface area (Å²) in [6.45, 7) is 2.02. The summed E-state index contributed by atoms with van der Waals surface area (Å²) in [6.07, 6.45) is 1.61. The van der Waals surface area contributed by atoms with Crippen LogP contribution in [0.2, 0.25) is 5.02 Å². The summed E-state index contributed by atoms with van der Waals surface area (Å²) in [5.74, 6) is 1.32. The Morgan fingerprint density at radius 3 is 2.92 bits per heavy atom. The second-order valence-electron chi connectivity index (χ2n) is 5.20. The summed E-state index contributed by atoms with van der Waals surface area (Å²) in [6, 6.07) is 5.12.